The Kier molecular flexibility index (Phi) is 4.69. The summed E-state index contributed by atoms with van der Waals surface area (Å²) in [5.41, 5.74) is 1.28. The van der Waals surface area contributed by atoms with E-state index in [1.54, 1.807) is 7.11 Å². The Morgan fingerprint density at radius 2 is 2.05 bits per heavy atom. The van der Waals surface area contributed by atoms with Crippen molar-refractivity contribution in [3.05, 3.63) is 23.8 Å². The van der Waals surface area contributed by atoms with E-state index in [2.05, 4.69) is 24.4 Å². The SMILES string of the molecule is CCNC1CC(C2CCCCC2)Oc2cc(OC)ccc21. The van der Waals surface area contributed by atoms with Crippen molar-refractivity contribution in [2.45, 2.75) is 57.6 Å². The first-order valence-corrected chi connectivity index (χ1v) is 8.39. The smallest absolute Gasteiger partial charge is 0.128 e. The normalized spacial score (nSPS) is 26.0. The number of rotatable bonds is 4. The summed E-state index contributed by atoms with van der Waals surface area (Å²) < 4.78 is 11.7. The van der Waals surface area contributed by atoms with Crippen molar-refractivity contribution in [3.63, 3.8) is 0 Å². The van der Waals surface area contributed by atoms with Crippen LogP contribution in [-0.2, 0) is 0 Å². The van der Waals surface area contributed by atoms with Gasteiger partial charge in [0.15, 0.2) is 0 Å². The molecular weight excluding hydrogens is 262 g/mol. The predicted molar refractivity (Wildman–Crippen MR) is 85.0 cm³/mol. The maximum atomic E-state index is 6.37. The Hall–Kier alpha value is -1.22. The number of hydrogen-bond acceptors (Lipinski definition) is 3. The molecule has 1 saturated carbocycles. The Morgan fingerprint density at radius 1 is 1.24 bits per heavy atom. The molecule has 21 heavy (non-hydrogen) atoms. The second-order valence-electron chi connectivity index (χ2n) is 6.30. The number of hydrogen-bond donors (Lipinski definition) is 1. The summed E-state index contributed by atoms with van der Waals surface area (Å²) in [6.45, 7) is 3.17. The Bertz CT molecular complexity index is 468. The van der Waals surface area contributed by atoms with Gasteiger partial charge >= 0.3 is 0 Å². The summed E-state index contributed by atoms with van der Waals surface area (Å²) in [5.74, 6) is 2.62. The summed E-state index contributed by atoms with van der Waals surface area (Å²) >= 11 is 0. The first-order chi connectivity index (χ1) is 10.3. The molecule has 0 aromatic heterocycles. The highest BCUT2D eigenvalue weighted by atomic mass is 16.5. The fourth-order valence-electron chi connectivity index (χ4n) is 3.84. The highest BCUT2D eigenvalue weighted by Gasteiger charge is 2.33. The maximum absolute atomic E-state index is 6.37. The largest absolute Gasteiger partial charge is 0.497 e. The van der Waals surface area contributed by atoms with Gasteiger partial charge < -0.3 is 14.8 Å². The molecule has 0 spiro atoms. The maximum Gasteiger partial charge on any atom is 0.128 e. The summed E-state index contributed by atoms with van der Waals surface area (Å²) in [5, 5.41) is 3.63. The number of ether oxygens (including phenoxy) is 2. The van der Waals surface area contributed by atoms with Gasteiger partial charge in [-0.1, -0.05) is 32.3 Å². The van der Waals surface area contributed by atoms with E-state index in [4.69, 9.17) is 9.47 Å². The lowest BCUT2D eigenvalue weighted by Gasteiger charge is -2.38. The van der Waals surface area contributed by atoms with E-state index >= 15 is 0 Å². The van der Waals surface area contributed by atoms with Gasteiger partial charge in [0.25, 0.3) is 0 Å². The lowest BCUT2D eigenvalue weighted by Crippen LogP contribution is -2.38. The Morgan fingerprint density at radius 3 is 2.76 bits per heavy atom. The van der Waals surface area contributed by atoms with E-state index in [1.807, 2.05) is 6.07 Å². The van der Waals surface area contributed by atoms with Crippen molar-refractivity contribution < 1.29 is 9.47 Å². The van der Waals surface area contributed by atoms with Gasteiger partial charge in [-0.2, -0.15) is 0 Å². The van der Waals surface area contributed by atoms with Crippen LogP contribution in [0.3, 0.4) is 0 Å². The van der Waals surface area contributed by atoms with Crippen LogP contribution in [0.5, 0.6) is 11.5 Å². The quantitative estimate of drug-likeness (QED) is 0.906. The van der Waals surface area contributed by atoms with E-state index in [1.165, 1.54) is 37.7 Å². The summed E-state index contributed by atoms with van der Waals surface area (Å²) in [4.78, 5) is 0. The first-order valence-electron chi connectivity index (χ1n) is 8.39. The van der Waals surface area contributed by atoms with Gasteiger partial charge in [-0.25, -0.2) is 0 Å². The molecular formula is C18H27NO2. The van der Waals surface area contributed by atoms with Gasteiger partial charge in [0.05, 0.1) is 7.11 Å². The molecule has 1 aromatic rings. The molecule has 0 bridgehead atoms. The van der Waals surface area contributed by atoms with Gasteiger partial charge in [-0.3, -0.25) is 0 Å². The molecule has 1 aromatic carbocycles. The van der Waals surface area contributed by atoms with Gasteiger partial charge in [0.2, 0.25) is 0 Å². The highest BCUT2D eigenvalue weighted by Crippen LogP contribution is 2.41. The molecule has 1 aliphatic heterocycles. The third-order valence-corrected chi connectivity index (χ3v) is 4.97. The van der Waals surface area contributed by atoms with Crippen molar-refractivity contribution in [1.82, 2.24) is 5.32 Å². The van der Waals surface area contributed by atoms with E-state index in [0.717, 1.165) is 30.4 Å². The second kappa shape index (κ2) is 6.69. The van der Waals surface area contributed by atoms with E-state index in [-0.39, 0.29) is 0 Å². The topological polar surface area (TPSA) is 30.5 Å². The molecule has 1 heterocycles. The number of nitrogens with one attached hydrogen (secondary N) is 1. The molecule has 0 saturated heterocycles. The zero-order valence-electron chi connectivity index (χ0n) is 13.2. The van der Waals surface area contributed by atoms with Crippen LogP contribution in [0.2, 0.25) is 0 Å². The lowest BCUT2D eigenvalue weighted by molar-refractivity contribution is 0.0728. The summed E-state index contributed by atoms with van der Waals surface area (Å²) in [6.07, 6.45) is 8.21. The molecule has 1 aliphatic carbocycles. The lowest BCUT2D eigenvalue weighted by atomic mass is 9.81. The van der Waals surface area contributed by atoms with Crippen LogP contribution in [-0.4, -0.2) is 19.8 Å². The molecule has 3 rings (SSSR count). The summed E-state index contributed by atoms with van der Waals surface area (Å²) in [6, 6.07) is 6.65. The van der Waals surface area contributed by atoms with Gasteiger partial charge in [0, 0.05) is 24.1 Å². The minimum Gasteiger partial charge on any atom is -0.497 e. The Balaban J connectivity index is 1.83. The minimum atomic E-state index is 0.356. The number of methoxy groups -OCH3 is 1. The van der Waals surface area contributed by atoms with Gasteiger partial charge in [-0.05, 0) is 31.4 Å². The van der Waals surface area contributed by atoms with E-state index < -0.39 is 0 Å². The predicted octanol–water partition coefficient (Wildman–Crippen LogP) is 4.08. The van der Waals surface area contributed by atoms with Crippen molar-refractivity contribution in [1.29, 1.82) is 0 Å². The molecule has 3 nitrogen and oxygen atoms in total. The molecule has 1 fully saturated rings. The number of fused-ring (bicyclic) bond motifs is 1. The van der Waals surface area contributed by atoms with Crippen LogP contribution in [0.25, 0.3) is 0 Å². The summed E-state index contributed by atoms with van der Waals surface area (Å²) in [7, 11) is 1.71. The average molecular weight is 289 g/mol. The average Bonchev–Trinajstić information content (AvgIpc) is 2.55. The molecule has 0 amide bonds. The molecule has 0 radical (unpaired) electrons. The second-order valence-corrected chi connectivity index (χ2v) is 6.30. The molecule has 2 unspecified atom stereocenters. The van der Waals surface area contributed by atoms with E-state index in [0.29, 0.717) is 12.1 Å². The molecule has 2 atom stereocenters. The molecule has 3 heteroatoms. The van der Waals surface area contributed by atoms with Crippen LogP contribution in [0.1, 0.15) is 57.1 Å². The molecule has 2 aliphatic rings. The number of benzene rings is 1. The zero-order chi connectivity index (χ0) is 14.7. The van der Waals surface area contributed by atoms with Crippen LogP contribution >= 0.6 is 0 Å². The van der Waals surface area contributed by atoms with Crippen LogP contribution in [0, 0.1) is 5.92 Å². The van der Waals surface area contributed by atoms with E-state index in [9.17, 15) is 0 Å². The van der Waals surface area contributed by atoms with Crippen molar-refractivity contribution >= 4 is 0 Å². The zero-order valence-corrected chi connectivity index (χ0v) is 13.2. The third-order valence-electron chi connectivity index (χ3n) is 4.97. The first kappa shape index (κ1) is 14.7. The fourth-order valence-corrected chi connectivity index (χ4v) is 3.84. The third kappa shape index (κ3) is 3.18. The fraction of sp³-hybridized carbons (Fsp3) is 0.667. The van der Waals surface area contributed by atoms with Crippen molar-refractivity contribution in [3.8, 4) is 11.5 Å². The van der Waals surface area contributed by atoms with Crippen LogP contribution < -0.4 is 14.8 Å². The molecule has 116 valence electrons. The molecule has 1 N–H and O–H groups in total. The van der Waals surface area contributed by atoms with Crippen molar-refractivity contribution in [2.24, 2.45) is 5.92 Å². The van der Waals surface area contributed by atoms with Crippen LogP contribution in [0.4, 0.5) is 0 Å². The monoisotopic (exact) mass is 289 g/mol. The van der Waals surface area contributed by atoms with Gasteiger partial charge in [0.1, 0.15) is 17.6 Å². The standard InChI is InChI=1S/C18H27NO2/c1-3-19-16-12-17(13-7-5-4-6-8-13)21-18-11-14(20-2)9-10-15(16)18/h9-11,13,16-17,19H,3-8,12H2,1-2H3. The Labute approximate surface area is 128 Å². The van der Waals surface area contributed by atoms with Gasteiger partial charge in [-0.15, -0.1) is 0 Å². The van der Waals surface area contributed by atoms with Crippen molar-refractivity contribution in [2.75, 3.05) is 13.7 Å². The minimum absolute atomic E-state index is 0.356. The highest BCUT2D eigenvalue weighted by molar-refractivity contribution is 5.44. The van der Waals surface area contributed by atoms with Crippen LogP contribution in [0.15, 0.2) is 18.2 Å².